The summed E-state index contributed by atoms with van der Waals surface area (Å²) in [5.74, 6) is 0.110. The van der Waals surface area contributed by atoms with Gasteiger partial charge in [-0.1, -0.05) is 52.0 Å². The van der Waals surface area contributed by atoms with Crippen LogP contribution in [0.4, 0.5) is 0 Å². The number of benzene rings is 1. The third-order valence-electron chi connectivity index (χ3n) is 3.63. The molecule has 1 aromatic carbocycles. The molecule has 3 heteroatoms. The summed E-state index contributed by atoms with van der Waals surface area (Å²) in [5, 5.41) is 0. The van der Waals surface area contributed by atoms with Crippen LogP contribution >= 0.6 is 0 Å². The van der Waals surface area contributed by atoms with E-state index >= 15 is 0 Å². The first kappa shape index (κ1) is 16.7. The largest absolute Gasteiger partial charge is 0.341 e. The van der Waals surface area contributed by atoms with Crippen molar-refractivity contribution >= 4 is 5.91 Å². The molecule has 1 atom stereocenters. The van der Waals surface area contributed by atoms with Crippen LogP contribution in [0.5, 0.6) is 0 Å². The van der Waals surface area contributed by atoms with Crippen LogP contribution in [0.1, 0.15) is 51.7 Å². The third-order valence-corrected chi connectivity index (χ3v) is 3.63. The first-order valence-corrected chi connectivity index (χ1v) is 7.33. The summed E-state index contributed by atoms with van der Waals surface area (Å²) in [6.45, 7) is 9.24. The second-order valence-corrected chi connectivity index (χ2v) is 6.57. The minimum Gasteiger partial charge on any atom is -0.341 e. The lowest BCUT2D eigenvalue weighted by Crippen LogP contribution is -2.32. The van der Waals surface area contributed by atoms with Crippen LogP contribution < -0.4 is 5.73 Å². The Morgan fingerprint density at radius 1 is 1.25 bits per heavy atom. The lowest BCUT2D eigenvalue weighted by Gasteiger charge is -2.21. The molecule has 0 saturated carbocycles. The fraction of sp³-hybridized carbons (Fsp3) is 0.588. The van der Waals surface area contributed by atoms with E-state index in [4.69, 9.17) is 5.73 Å². The van der Waals surface area contributed by atoms with Crippen molar-refractivity contribution in [2.45, 2.75) is 58.5 Å². The number of carbonyl (C=O) groups is 1. The van der Waals surface area contributed by atoms with E-state index in [9.17, 15) is 4.79 Å². The lowest BCUT2D eigenvalue weighted by molar-refractivity contribution is -0.130. The summed E-state index contributed by atoms with van der Waals surface area (Å²) in [7, 11) is 1.84. The Morgan fingerprint density at radius 2 is 1.80 bits per heavy atom. The summed E-state index contributed by atoms with van der Waals surface area (Å²) >= 11 is 0. The Labute approximate surface area is 123 Å². The molecule has 0 saturated heterocycles. The zero-order valence-electron chi connectivity index (χ0n) is 13.4. The van der Waals surface area contributed by atoms with Gasteiger partial charge in [-0.15, -0.1) is 0 Å². The molecule has 0 spiro atoms. The Hall–Kier alpha value is -1.35. The van der Waals surface area contributed by atoms with Gasteiger partial charge in [0.2, 0.25) is 5.91 Å². The molecular formula is C17H28N2O. The second kappa shape index (κ2) is 6.89. The Morgan fingerprint density at radius 3 is 2.25 bits per heavy atom. The van der Waals surface area contributed by atoms with Crippen LogP contribution in [0.3, 0.4) is 0 Å². The van der Waals surface area contributed by atoms with Gasteiger partial charge in [0.1, 0.15) is 0 Å². The summed E-state index contributed by atoms with van der Waals surface area (Å²) in [5.41, 5.74) is 8.45. The van der Waals surface area contributed by atoms with Crippen LogP contribution in [0.25, 0.3) is 0 Å². The Kier molecular flexibility index (Phi) is 5.75. The molecule has 0 heterocycles. The predicted molar refractivity (Wildman–Crippen MR) is 84.5 cm³/mol. The van der Waals surface area contributed by atoms with E-state index in [-0.39, 0.29) is 17.4 Å². The van der Waals surface area contributed by atoms with Crippen LogP contribution in [-0.4, -0.2) is 23.9 Å². The standard InChI is InChI=1S/C17H28N2O/c1-6-15(18)11-16(20)19(5)12-13-7-9-14(10-8-13)17(2,3)4/h7-10,15H,6,11-12,18H2,1-5H3. The quantitative estimate of drug-likeness (QED) is 0.898. The van der Waals surface area contributed by atoms with Gasteiger partial charge in [-0.2, -0.15) is 0 Å². The molecule has 0 aliphatic heterocycles. The molecule has 112 valence electrons. The lowest BCUT2D eigenvalue weighted by atomic mass is 9.87. The molecule has 2 N–H and O–H groups in total. The van der Waals surface area contributed by atoms with Gasteiger partial charge in [-0.05, 0) is 23.0 Å². The van der Waals surface area contributed by atoms with Gasteiger partial charge in [-0.3, -0.25) is 4.79 Å². The van der Waals surface area contributed by atoms with Crippen molar-refractivity contribution in [1.82, 2.24) is 4.90 Å². The zero-order valence-corrected chi connectivity index (χ0v) is 13.4. The molecule has 20 heavy (non-hydrogen) atoms. The van der Waals surface area contributed by atoms with Crippen molar-refractivity contribution < 1.29 is 4.79 Å². The highest BCUT2D eigenvalue weighted by Crippen LogP contribution is 2.22. The van der Waals surface area contributed by atoms with Gasteiger partial charge in [0.05, 0.1) is 0 Å². The van der Waals surface area contributed by atoms with E-state index in [1.54, 1.807) is 4.90 Å². The molecule has 0 aliphatic rings. The van der Waals surface area contributed by atoms with Crippen molar-refractivity contribution in [1.29, 1.82) is 0 Å². The Balaban J connectivity index is 2.62. The minimum atomic E-state index is -0.0341. The predicted octanol–water partition coefficient (Wildman–Crippen LogP) is 3.07. The van der Waals surface area contributed by atoms with Gasteiger partial charge in [0.25, 0.3) is 0 Å². The normalized spacial score (nSPS) is 13.1. The van der Waals surface area contributed by atoms with E-state index in [0.29, 0.717) is 13.0 Å². The van der Waals surface area contributed by atoms with E-state index in [0.717, 1.165) is 12.0 Å². The number of nitrogens with zero attached hydrogens (tertiary/aromatic N) is 1. The highest BCUT2D eigenvalue weighted by atomic mass is 16.2. The maximum atomic E-state index is 12.0. The smallest absolute Gasteiger partial charge is 0.224 e. The highest BCUT2D eigenvalue weighted by Gasteiger charge is 2.15. The summed E-state index contributed by atoms with van der Waals surface area (Å²) in [6, 6.07) is 8.46. The van der Waals surface area contributed by atoms with Crippen molar-refractivity contribution in [3.8, 4) is 0 Å². The van der Waals surface area contributed by atoms with Gasteiger partial charge < -0.3 is 10.6 Å². The number of carbonyl (C=O) groups excluding carboxylic acids is 1. The molecule has 3 nitrogen and oxygen atoms in total. The van der Waals surface area contributed by atoms with Crippen LogP contribution in [-0.2, 0) is 16.8 Å². The number of hydrogen-bond acceptors (Lipinski definition) is 2. The topological polar surface area (TPSA) is 46.3 Å². The van der Waals surface area contributed by atoms with Crippen molar-refractivity contribution in [3.05, 3.63) is 35.4 Å². The minimum absolute atomic E-state index is 0.0341. The third kappa shape index (κ3) is 4.97. The second-order valence-electron chi connectivity index (χ2n) is 6.57. The Bertz CT molecular complexity index is 431. The number of nitrogens with two attached hydrogens (primary N) is 1. The average molecular weight is 276 g/mol. The van der Waals surface area contributed by atoms with Gasteiger partial charge >= 0.3 is 0 Å². The van der Waals surface area contributed by atoms with Gasteiger partial charge in [-0.25, -0.2) is 0 Å². The molecule has 1 rings (SSSR count). The SMILES string of the molecule is CCC(N)CC(=O)N(C)Cc1ccc(C(C)(C)C)cc1. The highest BCUT2D eigenvalue weighted by molar-refractivity contribution is 5.76. The van der Waals surface area contributed by atoms with Crippen LogP contribution in [0.2, 0.25) is 0 Å². The fourth-order valence-electron chi connectivity index (χ4n) is 2.00. The van der Waals surface area contributed by atoms with Crippen LogP contribution in [0.15, 0.2) is 24.3 Å². The molecule has 1 unspecified atom stereocenters. The first-order chi connectivity index (χ1) is 9.24. The monoisotopic (exact) mass is 276 g/mol. The summed E-state index contributed by atoms with van der Waals surface area (Å²) in [6.07, 6.45) is 1.26. The van der Waals surface area contributed by atoms with E-state index < -0.39 is 0 Å². The number of hydrogen-bond donors (Lipinski definition) is 1. The van der Waals surface area contributed by atoms with Crippen molar-refractivity contribution in [3.63, 3.8) is 0 Å². The zero-order chi connectivity index (χ0) is 15.3. The molecule has 0 aliphatic carbocycles. The number of rotatable bonds is 5. The summed E-state index contributed by atoms with van der Waals surface area (Å²) in [4.78, 5) is 13.7. The van der Waals surface area contributed by atoms with Crippen molar-refractivity contribution in [2.75, 3.05) is 7.05 Å². The van der Waals surface area contributed by atoms with Crippen molar-refractivity contribution in [2.24, 2.45) is 5.73 Å². The molecule has 0 fully saturated rings. The molecule has 0 aromatic heterocycles. The summed E-state index contributed by atoms with van der Waals surface area (Å²) < 4.78 is 0. The fourth-order valence-corrected chi connectivity index (χ4v) is 2.00. The average Bonchev–Trinajstić information content (AvgIpc) is 2.38. The molecule has 0 bridgehead atoms. The number of amides is 1. The molecule has 1 amide bonds. The molecular weight excluding hydrogens is 248 g/mol. The van der Waals surface area contributed by atoms with Crippen LogP contribution in [0, 0.1) is 0 Å². The van der Waals surface area contributed by atoms with E-state index in [1.165, 1.54) is 5.56 Å². The van der Waals surface area contributed by atoms with Gasteiger partial charge in [0, 0.05) is 26.1 Å². The first-order valence-electron chi connectivity index (χ1n) is 7.33. The molecule has 1 aromatic rings. The molecule has 0 radical (unpaired) electrons. The van der Waals surface area contributed by atoms with E-state index in [2.05, 4.69) is 45.0 Å². The maximum absolute atomic E-state index is 12.0. The maximum Gasteiger partial charge on any atom is 0.224 e. The van der Waals surface area contributed by atoms with Gasteiger partial charge in [0.15, 0.2) is 0 Å². The van der Waals surface area contributed by atoms with E-state index in [1.807, 2.05) is 14.0 Å².